The second-order valence-electron chi connectivity index (χ2n) is 7.89. The first-order valence-corrected chi connectivity index (χ1v) is 11.7. The Morgan fingerprint density at radius 1 is 1.14 bits per heavy atom. The molecule has 0 spiro atoms. The van der Waals surface area contributed by atoms with Gasteiger partial charge in [0.25, 0.3) is 0 Å². The second kappa shape index (κ2) is 11.6. The number of carbonyl (C=O) groups excluding carboxylic acids is 5. The van der Waals surface area contributed by atoms with Gasteiger partial charge < -0.3 is 33.7 Å². The van der Waals surface area contributed by atoms with Gasteiger partial charge in [0, 0.05) is 33.4 Å². The smallest absolute Gasteiger partial charge is 0.407 e. The number of amides is 1. The molecule has 1 aromatic carbocycles. The molecule has 0 saturated carbocycles. The Balaban J connectivity index is 2.12. The number of hydrogen-bond acceptors (Lipinski definition) is 12. The number of nitrogens with one attached hydrogen (secondary N) is 1. The van der Waals surface area contributed by atoms with Crippen LogP contribution in [0.2, 0.25) is 0 Å². The molecule has 0 aliphatic carbocycles. The number of fused-ring (bicyclic) bond motifs is 1. The first kappa shape index (κ1) is 25.8. The average Bonchev–Trinajstić information content (AvgIpc) is 3.23. The largest absolute Gasteiger partial charge is 0.466 e. The third-order valence-electron chi connectivity index (χ3n) is 5.17. The summed E-state index contributed by atoms with van der Waals surface area (Å²) in [6, 6.07) is 7.43. The monoisotopic (exact) mass is 526 g/mol. The molecular weight excluding hydrogens is 498 g/mol. The lowest BCUT2D eigenvalue weighted by Crippen LogP contribution is -2.64. The Morgan fingerprint density at radius 3 is 2.39 bits per heavy atom. The summed E-state index contributed by atoms with van der Waals surface area (Å²) >= 11 is 0.850. The molecule has 2 aliphatic heterocycles. The molecule has 0 radical (unpaired) electrons. The molecule has 1 aromatic rings. The number of alkyl carbamates (subject to hydrolysis) is 1. The molecule has 7 atom stereocenters. The van der Waals surface area contributed by atoms with Gasteiger partial charge in [-0.1, -0.05) is 30.0 Å². The van der Waals surface area contributed by atoms with Gasteiger partial charge in [0.2, 0.25) is 4.93 Å². The van der Waals surface area contributed by atoms with Crippen LogP contribution in [-0.4, -0.2) is 79.1 Å². The fraction of sp³-hybridized carbons (Fsp3) is 0.522. The van der Waals surface area contributed by atoms with E-state index < -0.39 is 78.4 Å². The minimum Gasteiger partial charge on any atom is -0.466 e. The minimum atomic E-state index is -2.10. The Kier molecular flexibility index (Phi) is 8.31. The molecular formula is C23H27NO11S. The Hall–Kier alpha value is -3.32. The lowest BCUT2D eigenvalue weighted by Gasteiger charge is -2.45. The zero-order chi connectivity index (χ0) is 27.3. The SMILES string of the molecule is [2H][C@@H]1[C@@H]2OC(=O)N[C@H]2[C@H]([C@H](OC(C)=O)[C@@H](COC(C)=O)OC(C)=O)O[C@@]1(Sc1ccccc1)C(=O)OC. The van der Waals surface area contributed by atoms with Crippen molar-refractivity contribution < 1.29 is 53.8 Å². The summed E-state index contributed by atoms with van der Waals surface area (Å²) in [6.45, 7) is 2.79. The highest BCUT2D eigenvalue weighted by atomic mass is 32.2. The molecule has 0 unspecified atom stereocenters. The van der Waals surface area contributed by atoms with Crippen molar-refractivity contribution in [2.24, 2.45) is 0 Å². The molecule has 0 bridgehead atoms. The van der Waals surface area contributed by atoms with E-state index in [0.29, 0.717) is 4.90 Å². The number of ether oxygens (including phenoxy) is 6. The quantitative estimate of drug-likeness (QED) is 0.365. The number of methoxy groups -OCH3 is 1. The fourth-order valence-electron chi connectivity index (χ4n) is 3.83. The first-order valence-electron chi connectivity index (χ1n) is 11.4. The molecule has 2 heterocycles. The van der Waals surface area contributed by atoms with Crippen LogP contribution in [0.5, 0.6) is 0 Å². The van der Waals surface area contributed by atoms with Crippen molar-refractivity contribution in [3.63, 3.8) is 0 Å². The molecule has 0 aromatic heterocycles. The van der Waals surface area contributed by atoms with Crippen molar-refractivity contribution in [3.8, 4) is 0 Å². The van der Waals surface area contributed by atoms with E-state index >= 15 is 0 Å². The Morgan fingerprint density at radius 2 is 1.81 bits per heavy atom. The van der Waals surface area contributed by atoms with Crippen LogP contribution in [0.3, 0.4) is 0 Å². The lowest BCUT2D eigenvalue weighted by atomic mass is 9.90. The van der Waals surface area contributed by atoms with Crippen LogP contribution in [0.1, 0.15) is 28.5 Å². The molecule has 3 rings (SSSR count). The number of benzene rings is 1. The van der Waals surface area contributed by atoms with Crippen LogP contribution in [0.15, 0.2) is 35.2 Å². The van der Waals surface area contributed by atoms with Crippen LogP contribution in [0, 0.1) is 0 Å². The second-order valence-corrected chi connectivity index (χ2v) is 9.17. The highest BCUT2D eigenvalue weighted by molar-refractivity contribution is 8.01. The maximum atomic E-state index is 13.2. The van der Waals surface area contributed by atoms with Gasteiger partial charge in [-0.25, -0.2) is 9.59 Å². The topological polar surface area (TPSA) is 153 Å². The molecule has 1 amide bonds. The van der Waals surface area contributed by atoms with Crippen molar-refractivity contribution >= 4 is 41.7 Å². The molecule has 12 nitrogen and oxygen atoms in total. The van der Waals surface area contributed by atoms with Gasteiger partial charge in [0.1, 0.15) is 18.8 Å². The molecule has 1 N–H and O–H groups in total. The van der Waals surface area contributed by atoms with Crippen LogP contribution >= 0.6 is 11.8 Å². The summed E-state index contributed by atoms with van der Waals surface area (Å²) in [6.07, 6.45) is -7.94. The molecule has 13 heteroatoms. The summed E-state index contributed by atoms with van der Waals surface area (Å²) in [5.74, 6) is -3.26. The minimum absolute atomic E-state index is 0.528. The molecule has 36 heavy (non-hydrogen) atoms. The number of esters is 4. The normalized spacial score (nSPS) is 28.8. The first-order chi connectivity index (χ1) is 17.5. The number of rotatable bonds is 9. The van der Waals surface area contributed by atoms with Crippen molar-refractivity contribution in [2.75, 3.05) is 13.7 Å². The Labute approximate surface area is 212 Å². The van der Waals surface area contributed by atoms with E-state index in [9.17, 15) is 24.0 Å². The summed E-state index contributed by atoms with van der Waals surface area (Å²) in [7, 11) is 1.11. The van der Waals surface area contributed by atoms with E-state index in [2.05, 4.69) is 5.32 Å². The predicted octanol–water partition coefficient (Wildman–Crippen LogP) is 1.34. The van der Waals surface area contributed by atoms with Gasteiger partial charge in [-0.15, -0.1) is 0 Å². The highest BCUT2D eigenvalue weighted by Crippen LogP contribution is 2.46. The van der Waals surface area contributed by atoms with E-state index in [-0.39, 0.29) is 0 Å². The van der Waals surface area contributed by atoms with E-state index in [1.807, 2.05) is 0 Å². The third kappa shape index (κ3) is 6.46. The van der Waals surface area contributed by atoms with Gasteiger partial charge in [0.15, 0.2) is 12.2 Å². The summed E-state index contributed by atoms with van der Waals surface area (Å²) in [5, 5.41) is 2.51. The van der Waals surface area contributed by atoms with E-state index in [1.54, 1.807) is 30.3 Å². The van der Waals surface area contributed by atoms with Gasteiger partial charge in [-0.2, -0.15) is 0 Å². The standard InChI is InChI=1S/C23H27NO11S/c1-12(25)31-11-17(32-13(2)26)19(33-14(3)27)20-18-16(34-22(29)24-18)10-23(35-20,21(28)30-4)36-15-8-6-5-7-9-15/h5-9,16-20H,10-11H2,1-4H3,(H,24,29)/t16-,17+,18+,19+,20+,23-/m0/s1/i10D/t10-,16+,17-,18-,19-,20-,23+/m1. The highest BCUT2D eigenvalue weighted by Gasteiger charge is 2.60. The zero-order valence-corrected chi connectivity index (χ0v) is 20.8. The third-order valence-corrected chi connectivity index (χ3v) is 6.38. The predicted molar refractivity (Wildman–Crippen MR) is 121 cm³/mol. The van der Waals surface area contributed by atoms with E-state index in [4.69, 9.17) is 29.8 Å². The zero-order valence-electron chi connectivity index (χ0n) is 21.0. The fourth-order valence-corrected chi connectivity index (χ4v) is 5.01. The summed E-state index contributed by atoms with van der Waals surface area (Å²) in [4.78, 5) is 59.4. The molecule has 2 saturated heterocycles. The summed E-state index contributed by atoms with van der Waals surface area (Å²) in [5.41, 5.74) is 0. The Bertz CT molecular complexity index is 1040. The van der Waals surface area contributed by atoms with Crippen LogP contribution in [0.4, 0.5) is 4.79 Å². The molecule has 2 fully saturated rings. The van der Waals surface area contributed by atoms with Gasteiger partial charge in [-0.05, 0) is 12.1 Å². The van der Waals surface area contributed by atoms with E-state index in [1.165, 1.54) is 0 Å². The lowest BCUT2D eigenvalue weighted by molar-refractivity contribution is -0.214. The number of thioether (sulfide) groups is 1. The van der Waals surface area contributed by atoms with Crippen molar-refractivity contribution in [2.45, 2.75) is 67.5 Å². The average molecular weight is 527 g/mol. The van der Waals surface area contributed by atoms with Crippen LogP contribution in [0.25, 0.3) is 0 Å². The van der Waals surface area contributed by atoms with Crippen LogP contribution in [-0.2, 0) is 47.6 Å². The van der Waals surface area contributed by atoms with Crippen molar-refractivity contribution in [1.29, 1.82) is 0 Å². The van der Waals surface area contributed by atoms with Crippen molar-refractivity contribution in [1.82, 2.24) is 5.32 Å². The number of hydrogen-bond donors (Lipinski definition) is 1. The van der Waals surface area contributed by atoms with Gasteiger partial charge in [-0.3, -0.25) is 14.4 Å². The van der Waals surface area contributed by atoms with Gasteiger partial charge >= 0.3 is 30.0 Å². The van der Waals surface area contributed by atoms with E-state index in [0.717, 1.165) is 39.6 Å². The van der Waals surface area contributed by atoms with Crippen molar-refractivity contribution in [3.05, 3.63) is 30.3 Å². The molecule has 2 aliphatic rings. The summed E-state index contributed by atoms with van der Waals surface area (Å²) < 4.78 is 41.2. The van der Waals surface area contributed by atoms with Crippen LogP contribution < -0.4 is 5.32 Å². The number of carbonyl (C=O) groups is 5. The maximum absolute atomic E-state index is 13.2. The maximum Gasteiger partial charge on any atom is 0.407 e. The molecule has 196 valence electrons. The van der Waals surface area contributed by atoms with Gasteiger partial charge in [0.05, 0.1) is 13.2 Å².